The Balaban J connectivity index is 2.05. The van der Waals surface area contributed by atoms with Gasteiger partial charge in [0.1, 0.15) is 5.76 Å². The molecule has 2 N–H and O–H groups in total. The predicted molar refractivity (Wildman–Crippen MR) is 66.4 cm³/mol. The van der Waals surface area contributed by atoms with Gasteiger partial charge in [0.25, 0.3) is 5.91 Å². The molecule has 1 heterocycles. The monoisotopic (exact) mass is 246 g/mol. The fourth-order valence-electron chi connectivity index (χ4n) is 1.60. The van der Waals surface area contributed by atoms with E-state index in [1.807, 2.05) is 12.1 Å². The van der Waals surface area contributed by atoms with Crippen LogP contribution in [0.25, 0.3) is 0 Å². The van der Waals surface area contributed by atoms with Crippen LogP contribution in [-0.2, 0) is 6.42 Å². The number of anilines is 1. The van der Waals surface area contributed by atoms with Crippen LogP contribution in [0, 0.1) is 6.92 Å². The van der Waals surface area contributed by atoms with E-state index in [0.717, 1.165) is 5.56 Å². The number of aliphatic hydroxyl groups is 1. The molecule has 1 aromatic carbocycles. The molecule has 0 fully saturated rings. The molecule has 94 valence electrons. The highest BCUT2D eigenvalue weighted by Crippen LogP contribution is 2.12. The number of aliphatic hydroxyl groups excluding tert-OH is 1. The van der Waals surface area contributed by atoms with Gasteiger partial charge in [0.05, 0.1) is 0 Å². The maximum atomic E-state index is 11.8. The van der Waals surface area contributed by atoms with Crippen LogP contribution >= 0.6 is 0 Å². The molecule has 0 aliphatic carbocycles. The van der Waals surface area contributed by atoms with Gasteiger partial charge in [-0.2, -0.15) is 0 Å². The van der Waals surface area contributed by atoms with Crippen molar-refractivity contribution in [2.75, 3.05) is 11.9 Å². The molecule has 0 atom stereocenters. The van der Waals surface area contributed by atoms with Crippen LogP contribution < -0.4 is 5.32 Å². The van der Waals surface area contributed by atoms with E-state index in [2.05, 4.69) is 10.3 Å². The minimum atomic E-state index is -0.295. The number of nitrogens with one attached hydrogen (secondary N) is 1. The third-order valence-electron chi connectivity index (χ3n) is 2.57. The maximum absolute atomic E-state index is 11.8. The molecule has 0 saturated carbocycles. The summed E-state index contributed by atoms with van der Waals surface area (Å²) in [6, 6.07) is 7.31. The fraction of sp³-hybridized carbons (Fsp3) is 0.231. The highest BCUT2D eigenvalue weighted by molar-refractivity contribution is 6.03. The lowest BCUT2D eigenvalue weighted by atomic mass is 10.1. The Kier molecular flexibility index (Phi) is 3.74. The summed E-state index contributed by atoms with van der Waals surface area (Å²) in [6.45, 7) is 1.80. The van der Waals surface area contributed by atoms with Crippen LogP contribution in [0.2, 0.25) is 0 Å². The van der Waals surface area contributed by atoms with Crippen molar-refractivity contribution >= 4 is 11.6 Å². The van der Waals surface area contributed by atoms with Gasteiger partial charge in [0, 0.05) is 12.3 Å². The van der Waals surface area contributed by atoms with Crippen molar-refractivity contribution in [3.63, 3.8) is 0 Å². The molecule has 2 rings (SSSR count). The Morgan fingerprint density at radius 2 is 2.11 bits per heavy atom. The van der Waals surface area contributed by atoms with Crippen LogP contribution in [0.15, 0.2) is 35.1 Å². The topological polar surface area (TPSA) is 75.4 Å². The first-order valence-electron chi connectivity index (χ1n) is 5.62. The first kappa shape index (κ1) is 12.3. The average molecular weight is 246 g/mol. The Morgan fingerprint density at radius 1 is 1.39 bits per heavy atom. The van der Waals surface area contributed by atoms with Crippen LogP contribution in [0.5, 0.6) is 0 Å². The Labute approximate surface area is 104 Å². The van der Waals surface area contributed by atoms with E-state index in [-0.39, 0.29) is 18.2 Å². The van der Waals surface area contributed by atoms with E-state index in [1.54, 1.807) is 19.1 Å². The second-order valence-electron chi connectivity index (χ2n) is 3.88. The lowest BCUT2D eigenvalue weighted by Crippen LogP contribution is -2.13. The number of aryl methyl sites for hydroxylation is 1. The molecule has 0 radical (unpaired) electrons. The Bertz CT molecular complexity index is 531. The van der Waals surface area contributed by atoms with Gasteiger partial charge in [-0.25, -0.2) is 4.98 Å². The zero-order valence-electron chi connectivity index (χ0n) is 10.0. The van der Waals surface area contributed by atoms with Gasteiger partial charge in [-0.05, 0) is 31.0 Å². The van der Waals surface area contributed by atoms with Crippen LogP contribution in [0.4, 0.5) is 5.69 Å². The number of hydrogen-bond donors (Lipinski definition) is 2. The van der Waals surface area contributed by atoms with Crippen LogP contribution in [0.3, 0.4) is 0 Å². The van der Waals surface area contributed by atoms with Crippen molar-refractivity contribution in [3.05, 3.63) is 47.7 Å². The number of carbonyl (C=O) groups is 1. The van der Waals surface area contributed by atoms with Gasteiger partial charge in [0.2, 0.25) is 0 Å². The molecule has 1 amide bonds. The summed E-state index contributed by atoms with van der Waals surface area (Å²) in [5, 5.41) is 11.5. The molecular weight excluding hydrogens is 232 g/mol. The lowest BCUT2D eigenvalue weighted by Gasteiger charge is -2.04. The van der Waals surface area contributed by atoms with Gasteiger partial charge in [-0.1, -0.05) is 12.1 Å². The van der Waals surface area contributed by atoms with Crippen molar-refractivity contribution in [2.45, 2.75) is 13.3 Å². The van der Waals surface area contributed by atoms with Gasteiger partial charge < -0.3 is 14.8 Å². The minimum Gasteiger partial charge on any atom is -0.448 e. The molecule has 5 nitrogen and oxygen atoms in total. The van der Waals surface area contributed by atoms with Gasteiger partial charge in [-0.15, -0.1) is 0 Å². The predicted octanol–water partition coefficient (Wildman–Crippen LogP) is 1.77. The molecule has 0 bridgehead atoms. The first-order chi connectivity index (χ1) is 8.70. The second kappa shape index (κ2) is 5.46. The lowest BCUT2D eigenvalue weighted by molar-refractivity contribution is 0.102. The largest absolute Gasteiger partial charge is 0.448 e. The van der Waals surface area contributed by atoms with Crippen LogP contribution in [-0.4, -0.2) is 22.6 Å². The fourth-order valence-corrected chi connectivity index (χ4v) is 1.60. The SMILES string of the molecule is Cc1ocnc1C(=O)Nc1ccc(CCO)cc1. The van der Waals surface area contributed by atoms with Gasteiger partial charge in [-0.3, -0.25) is 4.79 Å². The summed E-state index contributed by atoms with van der Waals surface area (Å²) < 4.78 is 4.97. The van der Waals surface area contributed by atoms with E-state index in [1.165, 1.54) is 6.39 Å². The molecule has 0 aliphatic heterocycles. The zero-order valence-corrected chi connectivity index (χ0v) is 10.0. The van der Waals surface area contributed by atoms with Crippen molar-refractivity contribution in [3.8, 4) is 0 Å². The van der Waals surface area contributed by atoms with E-state index < -0.39 is 0 Å². The number of oxazole rings is 1. The number of nitrogens with zero attached hydrogens (tertiary/aromatic N) is 1. The van der Waals surface area contributed by atoms with Crippen molar-refractivity contribution < 1.29 is 14.3 Å². The molecule has 2 aromatic rings. The minimum absolute atomic E-state index is 0.115. The second-order valence-corrected chi connectivity index (χ2v) is 3.88. The molecule has 0 spiro atoms. The van der Waals surface area contributed by atoms with Gasteiger partial charge >= 0.3 is 0 Å². The van der Waals surface area contributed by atoms with Gasteiger partial charge in [0.15, 0.2) is 12.1 Å². The summed E-state index contributed by atoms with van der Waals surface area (Å²) >= 11 is 0. The summed E-state index contributed by atoms with van der Waals surface area (Å²) in [4.78, 5) is 15.7. The molecule has 18 heavy (non-hydrogen) atoms. The number of amides is 1. The molecule has 5 heteroatoms. The maximum Gasteiger partial charge on any atom is 0.277 e. The van der Waals surface area contributed by atoms with E-state index in [0.29, 0.717) is 17.9 Å². The highest BCUT2D eigenvalue weighted by atomic mass is 16.3. The van der Waals surface area contributed by atoms with Crippen molar-refractivity contribution in [1.82, 2.24) is 4.98 Å². The number of rotatable bonds is 4. The third kappa shape index (κ3) is 2.75. The number of benzene rings is 1. The Hall–Kier alpha value is -2.14. The first-order valence-corrected chi connectivity index (χ1v) is 5.62. The Morgan fingerprint density at radius 3 is 2.67 bits per heavy atom. The third-order valence-corrected chi connectivity index (χ3v) is 2.57. The molecule has 0 saturated heterocycles. The average Bonchev–Trinajstić information content (AvgIpc) is 2.78. The number of hydrogen-bond acceptors (Lipinski definition) is 4. The normalized spacial score (nSPS) is 10.3. The highest BCUT2D eigenvalue weighted by Gasteiger charge is 2.13. The summed E-state index contributed by atoms with van der Waals surface area (Å²) in [6.07, 6.45) is 1.85. The standard InChI is InChI=1S/C13H14N2O3/c1-9-12(14-8-18-9)13(17)15-11-4-2-10(3-5-11)6-7-16/h2-5,8,16H,6-7H2,1H3,(H,15,17). The molecule has 1 aromatic heterocycles. The summed E-state index contributed by atoms with van der Waals surface area (Å²) in [7, 11) is 0. The quantitative estimate of drug-likeness (QED) is 0.862. The number of carbonyl (C=O) groups excluding carboxylic acids is 1. The van der Waals surface area contributed by atoms with E-state index >= 15 is 0 Å². The zero-order chi connectivity index (χ0) is 13.0. The van der Waals surface area contributed by atoms with E-state index in [4.69, 9.17) is 9.52 Å². The van der Waals surface area contributed by atoms with Crippen LogP contribution in [0.1, 0.15) is 21.8 Å². The summed E-state index contributed by atoms with van der Waals surface area (Å²) in [5.41, 5.74) is 1.99. The van der Waals surface area contributed by atoms with Crippen molar-refractivity contribution in [1.29, 1.82) is 0 Å². The van der Waals surface area contributed by atoms with Crippen molar-refractivity contribution in [2.24, 2.45) is 0 Å². The number of aromatic nitrogens is 1. The van der Waals surface area contributed by atoms with E-state index in [9.17, 15) is 4.79 Å². The smallest absolute Gasteiger partial charge is 0.277 e. The molecule has 0 aliphatic rings. The summed E-state index contributed by atoms with van der Waals surface area (Å²) in [5.74, 6) is 0.195. The molecule has 0 unspecified atom stereocenters. The molecular formula is C13H14N2O3.